The Kier molecular flexibility index (Phi) is 17.6. The largest absolute Gasteiger partial charge is 0.480 e. The van der Waals surface area contributed by atoms with Crippen LogP contribution in [0.1, 0.15) is 38.1 Å². The van der Waals surface area contributed by atoms with Crippen LogP contribution in [0.2, 0.25) is 0 Å². The number of aliphatic hydroxyl groups excluding tert-OH is 3. The molecule has 16 N–H and O–H groups in total. The van der Waals surface area contributed by atoms with Crippen molar-refractivity contribution in [2.75, 3.05) is 13.2 Å². The van der Waals surface area contributed by atoms with E-state index < -0.39 is 122 Å². The molecule has 2 aromatic heterocycles. The molecule has 8 atom stereocenters. The first-order valence-corrected chi connectivity index (χ1v) is 16.4. The minimum atomic E-state index is -1.82. The number of carbonyl (C=O) groups is 8. The average Bonchev–Trinajstić information content (AvgIpc) is 3.83. The number of nitrogens with zero attached hydrogens (tertiary/aromatic N) is 2. The van der Waals surface area contributed by atoms with E-state index in [9.17, 15) is 58.8 Å². The van der Waals surface area contributed by atoms with Crippen LogP contribution in [0.15, 0.2) is 25.0 Å². The van der Waals surface area contributed by atoms with Crippen molar-refractivity contribution in [3.63, 3.8) is 0 Å². The molecule has 0 saturated carbocycles. The van der Waals surface area contributed by atoms with Crippen molar-refractivity contribution in [3.05, 3.63) is 36.4 Å². The Labute approximate surface area is 307 Å². The Morgan fingerprint density at radius 3 is 1.72 bits per heavy atom. The van der Waals surface area contributed by atoms with Crippen LogP contribution in [0.5, 0.6) is 0 Å². The van der Waals surface area contributed by atoms with E-state index in [1.807, 2.05) is 0 Å². The number of rotatable bonds is 23. The predicted molar refractivity (Wildman–Crippen MR) is 182 cm³/mol. The fourth-order valence-electron chi connectivity index (χ4n) is 4.61. The molecule has 24 nitrogen and oxygen atoms in total. The van der Waals surface area contributed by atoms with E-state index in [-0.39, 0.29) is 12.8 Å². The van der Waals surface area contributed by atoms with Gasteiger partial charge in [-0.2, -0.15) is 0 Å². The number of primary amides is 1. The van der Waals surface area contributed by atoms with E-state index in [4.69, 9.17) is 11.5 Å². The molecular weight excluding hydrogens is 720 g/mol. The fraction of sp³-hybridized carbons (Fsp3) is 0.533. The van der Waals surface area contributed by atoms with E-state index in [1.54, 1.807) is 0 Å². The van der Waals surface area contributed by atoms with Crippen LogP contribution in [-0.4, -0.2) is 149 Å². The minimum Gasteiger partial charge on any atom is -0.480 e. The first-order chi connectivity index (χ1) is 25.4. The highest BCUT2D eigenvalue weighted by Gasteiger charge is 2.34. The number of hydrogen-bond donors (Lipinski definition) is 14. The maximum absolute atomic E-state index is 13.6. The van der Waals surface area contributed by atoms with Crippen LogP contribution >= 0.6 is 0 Å². The van der Waals surface area contributed by atoms with Crippen LogP contribution in [0.3, 0.4) is 0 Å². The summed E-state index contributed by atoms with van der Waals surface area (Å²) in [6, 6.07) is -9.42. The summed E-state index contributed by atoms with van der Waals surface area (Å²) in [6.07, 6.45) is 1.14. The SMILES string of the molecule is C[C@@H](O)[C@H](N)C(=O)NCC(=O)N[C@@H](CO)C(=O)N[C@H](C(=O)N[C@@H](CCC(N)=O)C(=O)N[C@@H](Cc1cnc[nH]1)C(=O)N[C@@H](Cc1cnc[nH]1)C(=O)O)[C@@H](C)O. The van der Waals surface area contributed by atoms with Gasteiger partial charge in [-0.15, -0.1) is 0 Å². The molecule has 0 aliphatic rings. The molecule has 54 heavy (non-hydrogen) atoms. The summed E-state index contributed by atoms with van der Waals surface area (Å²) >= 11 is 0. The molecular formula is C30H46N12O12. The van der Waals surface area contributed by atoms with Gasteiger partial charge in [0.15, 0.2) is 0 Å². The van der Waals surface area contributed by atoms with E-state index in [0.717, 1.165) is 6.92 Å². The Balaban J connectivity index is 2.21. The van der Waals surface area contributed by atoms with Gasteiger partial charge >= 0.3 is 5.97 Å². The van der Waals surface area contributed by atoms with Gasteiger partial charge in [-0.05, 0) is 20.3 Å². The molecule has 2 rings (SSSR count). The summed E-state index contributed by atoms with van der Waals surface area (Å²) < 4.78 is 0. The Bertz CT molecular complexity index is 1590. The molecule has 0 bridgehead atoms. The van der Waals surface area contributed by atoms with Crippen molar-refractivity contribution in [2.24, 2.45) is 11.5 Å². The fourth-order valence-corrected chi connectivity index (χ4v) is 4.61. The molecule has 7 amide bonds. The second kappa shape index (κ2) is 21.5. The zero-order valence-corrected chi connectivity index (χ0v) is 29.3. The second-order valence-electron chi connectivity index (χ2n) is 12.1. The summed E-state index contributed by atoms with van der Waals surface area (Å²) in [5.41, 5.74) is 11.5. The number of H-pyrrole nitrogens is 2. The molecule has 0 radical (unpaired) electrons. The van der Waals surface area contributed by atoms with Gasteiger partial charge in [0.1, 0.15) is 36.3 Å². The van der Waals surface area contributed by atoms with Crippen LogP contribution in [0.25, 0.3) is 0 Å². The maximum Gasteiger partial charge on any atom is 0.326 e. The van der Waals surface area contributed by atoms with E-state index in [0.29, 0.717) is 11.4 Å². The van der Waals surface area contributed by atoms with Crippen molar-refractivity contribution >= 4 is 47.3 Å². The topological polar surface area (TPSA) is 399 Å². The zero-order chi connectivity index (χ0) is 40.5. The van der Waals surface area contributed by atoms with E-state index >= 15 is 0 Å². The lowest BCUT2D eigenvalue weighted by Gasteiger charge is -2.27. The number of carboxylic acid groups (broad SMARTS) is 1. The molecule has 24 heteroatoms. The highest BCUT2D eigenvalue weighted by Crippen LogP contribution is 2.07. The summed E-state index contributed by atoms with van der Waals surface area (Å²) in [5.74, 6) is -8.45. The third-order valence-corrected chi connectivity index (χ3v) is 7.66. The predicted octanol–water partition coefficient (Wildman–Crippen LogP) is -7.11. The van der Waals surface area contributed by atoms with E-state index in [2.05, 4.69) is 51.8 Å². The second-order valence-corrected chi connectivity index (χ2v) is 12.1. The summed E-state index contributed by atoms with van der Waals surface area (Å²) in [6.45, 7) is 0.644. The van der Waals surface area contributed by atoms with Crippen LogP contribution in [0.4, 0.5) is 0 Å². The summed E-state index contributed by atoms with van der Waals surface area (Å²) in [4.78, 5) is 114. The number of nitrogens with two attached hydrogens (primary N) is 2. The van der Waals surface area contributed by atoms with Crippen molar-refractivity contribution in [1.82, 2.24) is 51.8 Å². The van der Waals surface area contributed by atoms with Gasteiger partial charge < -0.3 is 73.8 Å². The molecule has 0 spiro atoms. The molecule has 0 aliphatic heterocycles. The number of amides is 7. The van der Waals surface area contributed by atoms with Gasteiger partial charge in [0.2, 0.25) is 41.4 Å². The standard InChI is InChI=1S/C30H46N12O12/c1-13(44)23(32)28(51)35-9-22(47)38-20(10-43)27(50)42-24(14(2)45)29(52)39-17(3-4-21(31)46)25(48)40-18(5-15-7-33-11-36-15)26(49)41-19(30(53)54)6-16-8-34-12-37-16/h7-8,11-14,17-20,23-24,43-45H,3-6,9-10,32H2,1-2H3,(H2,31,46)(H,33,36)(H,34,37)(H,35,51)(H,38,47)(H,39,52)(H,40,48)(H,41,49)(H,42,50)(H,53,54)/t13-,14-,17+,18+,19+,20+,23+,24+/m1/s1. The highest BCUT2D eigenvalue weighted by atomic mass is 16.4. The highest BCUT2D eigenvalue weighted by molar-refractivity contribution is 5.97. The van der Waals surface area contributed by atoms with E-state index in [1.165, 1.54) is 32.0 Å². The molecule has 0 aliphatic carbocycles. The molecule has 0 fully saturated rings. The number of hydrogen-bond acceptors (Lipinski definition) is 14. The first-order valence-electron chi connectivity index (χ1n) is 16.4. The van der Waals surface area contributed by atoms with Crippen molar-refractivity contribution in [1.29, 1.82) is 0 Å². The lowest BCUT2D eigenvalue weighted by Crippen LogP contribution is -2.61. The van der Waals surface area contributed by atoms with Crippen molar-refractivity contribution in [2.45, 2.75) is 88.0 Å². The quantitative estimate of drug-likeness (QED) is 0.0500. The third-order valence-electron chi connectivity index (χ3n) is 7.66. The van der Waals surface area contributed by atoms with Crippen LogP contribution < -0.4 is 43.4 Å². The number of aromatic nitrogens is 4. The molecule has 0 unspecified atom stereocenters. The third kappa shape index (κ3) is 14.6. The monoisotopic (exact) mass is 766 g/mol. The molecule has 2 aromatic rings. The number of imidazole rings is 2. The number of aliphatic hydroxyl groups is 3. The minimum absolute atomic E-state index is 0.189. The zero-order valence-electron chi connectivity index (χ0n) is 29.3. The first kappa shape index (κ1) is 44.2. The van der Waals surface area contributed by atoms with Crippen molar-refractivity contribution < 1.29 is 58.8 Å². The summed E-state index contributed by atoms with van der Waals surface area (Å²) in [7, 11) is 0. The summed E-state index contributed by atoms with van der Waals surface area (Å²) in [5, 5.41) is 52.7. The smallest absolute Gasteiger partial charge is 0.326 e. The number of carbonyl (C=O) groups excluding carboxylic acids is 7. The molecule has 0 aromatic carbocycles. The van der Waals surface area contributed by atoms with Gasteiger partial charge in [-0.1, -0.05) is 0 Å². The van der Waals surface area contributed by atoms with Gasteiger partial charge in [-0.3, -0.25) is 33.6 Å². The Morgan fingerprint density at radius 1 is 0.722 bits per heavy atom. The Morgan fingerprint density at radius 2 is 1.24 bits per heavy atom. The maximum atomic E-state index is 13.6. The van der Waals surface area contributed by atoms with Crippen LogP contribution in [0, 0.1) is 0 Å². The van der Waals surface area contributed by atoms with Gasteiger partial charge in [-0.25, -0.2) is 14.8 Å². The van der Waals surface area contributed by atoms with Crippen molar-refractivity contribution in [3.8, 4) is 0 Å². The lowest BCUT2D eigenvalue weighted by molar-refractivity contribution is -0.142. The Hall–Kier alpha value is -5.98. The van der Waals surface area contributed by atoms with Gasteiger partial charge in [0.25, 0.3) is 0 Å². The number of aliphatic carboxylic acids is 1. The molecule has 2 heterocycles. The molecule has 298 valence electrons. The number of nitrogens with one attached hydrogen (secondary N) is 8. The lowest BCUT2D eigenvalue weighted by atomic mass is 10.0. The van der Waals surface area contributed by atoms with Gasteiger partial charge in [0, 0.05) is 43.0 Å². The normalized spacial score (nSPS) is 15.4. The van der Waals surface area contributed by atoms with Gasteiger partial charge in [0.05, 0.1) is 38.0 Å². The number of aromatic amines is 2. The molecule has 0 saturated heterocycles. The van der Waals surface area contributed by atoms with Crippen LogP contribution in [-0.2, 0) is 51.2 Å². The number of carboxylic acids is 1. The average molecular weight is 767 g/mol.